The van der Waals surface area contributed by atoms with Crippen molar-refractivity contribution in [1.82, 2.24) is 0 Å². The third-order valence-corrected chi connectivity index (χ3v) is 3.60. The van der Waals surface area contributed by atoms with Crippen LogP contribution in [-0.2, 0) is 20.4 Å². The highest BCUT2D eigenvalue weighted by atomic mass is 32.3. The molecule has 0 aliphatic rings. The van der Waals surface area contributed by atoms with E-state index in [0.29, 0.717) is 6.92 Å². The molecule has 4 nitrogen and oxygen atoms in total. The summed E-state index contributed by atoms with van der Waals surface area (Å²) in [5.41, 5.74) is -3.43. The molecule has 0 aliphatic heterocycles. The van der Waals surface area contributed by atoms with Gasteiger partial charge in [0.1, 0.15) is 17.2 Å². The van der Waals surface area contributed by atoms with Crippen molar-refractivity contribution in [2.75, 3.05) is 11.5 Å². The average molecular weight is 318 g/mol. The Hall–Kier alpha value is -0.450. The molecule has 0 heterocycles. The molecule has 0 aromatic heterocycles. The average Bonchev–Trinajstić information content (AvgIpc) is 1.91. The van der Waals surface area contributed by atoms with Crippen LogP contribution in [0.25, 0.3) is 0 Å². The van der Waals surface area contributed by atoms with Crippen molar-refractivity contribution in [3.63, 3.8) is 0 Å². The van der Waals surface area contributed by atoms with Gasteiger partial charge in [0.2, 0.25) is 5.92 Å². The molecule has 0 aromatic carbocycles. The Bertz CT molecular complexity index is 444. The van der Waals surface area contributed by atoms with E-state index in [4.69, 9.17) is 0 Å². The van der Waals surface area contributed by atoms with Gasteiger partial charge in [-0.15, -0.1) is 7.77 Å². The van der Waals surface area contributed by atoms with Gasteiger partial charge in [-0.2, -0.15) is 16.8 Å². The van der Waals surface area contributed by atoms with Crippen LogP contribution in [-0.4, -0.2) is 39.9 Å². The number of halogens is 5. The van der Waals surface area contributed by atoms with Crippen LogP contribution in [0.5, 0.6) is 0 Å². The molecule has 18 heavy (non-hydrogen) atoms. The van der Waals surface area contributed by atoms with Gasteiger partial charge < -0.3 is 0 Å². The highest BCUT2D eigenvalue weighted by Crippen LogP contribution is 2.30. The molecule has 0 N–H and O–H groups in total. The van der Waals surface area contributed by atoms with Gasteiger partial charge in [-0.25, -0.2) is 13.2 Å². The SMILES string of the molecule is CC(F)(F)CCC(F)(CS(=O)(=O)F)CS(=O)(=O)F. The van der Waals surface area contributed by atoms with E-state index in [2.05, 4.69) is 0 Å². The number of alkyl halides is 3. The quantitative estimate of drug-likeness (QED) is 0.529. The van der Waals surface area contributed by atoms with E-state index < -0.39 is 56.4 Å². The normalized spacial score (nSPS) is 14.8. The summed E-state index contributed by atoms with van der Waals surface area (Å²) in [7, 11) is -10.9. The second-order valence-corrected chi connectivity index (χ2v) is 6.82. The van der Waals surface area contributed by atoms with Crippen molar-refractivity contribution in [3.05, 3.63) is 0 Å². The first kappa shape index (κ1) is 17.6. The Balaban J connectivity index is 5.04. The highest BCUT2D eigenvalue weighted by Gasteiger charge is 2.42. The summed E-state index contributed by atoms with van der Waals surface area (Å²) in [6.07, 6.45) is -2.54. The summed E-state index contributed by atoms with van der Waals surface area (Å²) in [4.78, 5) is 0. The zero-order chi connectivity index (χ0) is 14.8. The monoisotopic (exact) mass is 318 g/mol. The summed E-state index contributed by atoms with van der Waals surface area (Å²) in [5.74, 6) is -7.39. The molecule has 0 saturated carbocycles. The fraction of sp³-hybridized carbons (Fsp3) is 1.00. The molecule has 0 amide bonds. The Kier molecular flexibility index (Phi) is 5.14. The van der Waals surface area contributed by atoms with Gasteiger partial charge in [-0.05, 0) is 13.3 Å². The molecule has 0 fully saturated rings. The Morgan fingerprint density at radius 3 is 1.39 bits per heavy atom. The van der Waals surface area contributed by atoms with Gasteiger partial charge in [-0.1, -0.05) is 0 Å². The third kappa shape index (κ3) is 9.57. The first-order chi connectivity index (χ1) is 7.62. The van der Waals surface area contributed by atoms with Crippen molar-refractivity contribution in [2.45, 2.75) is 31.4 Å². The maximum atomic E-state index is 13.7. The van der Waals surface area contributed by atoms with Crippen molar-refractivity contribution in [1.29, 1.82) is 0 Å². The van der Waals surface area contributed by atoms with E-state index in [1.165, 1.54) is 0 Å². The van der Waals surface area contributed by atoms with Crippen LogP contribution in [0.3, 0.4) is 0 Å². The zero-order valence-corrected chi connectivity index (χ0v) is 10.8. The Morgan fingerprint density at radius 2 is 1.17 bits per heavy atom. The standard InChI is InChI=1S/C7H11F5O4S2/c1-6(8,9)2-3-7(10,4-17(11,13)14)5-18(12,15)16/h2-5H2,1H3. The van der Waals surface area contributed by atoms with Gasteiger partial charge in [0.05, 0.1) is 0 Å². The topological polar surface area (TPSA) is 68.3 Å². The Labute approximate surface area is 102 Å². The van der Waals surface area contributed by atoms with Crippen molar-refractivity contribution < 1.29 is 37.8 Å². The van der Waals surface area contributed by atoms with Gasteiger partial charge in [-0.3, -0.25) is 0 Å². The smallest absolute Gasteiger partial charge is 0.241 e. The number of hydrogen-bond acceptors (Lipinski definition) is 4. The van der Waals surface area contributed by atoms with Gasteiger partial charge >= 0.3 is 20.4 Å². The lowest BCUT2D eigenvalue weighted by atomic mass is 10.0. The largest absolute Gasteiger partial charge is 0.305 e. The molecule has 0 atom stereocenters. The van der Waals surface area contributed by atoms with Crippen molar-refractivity contribution in [2.24, 2.45) is 0 Å². The molecule has 0 aromatic rings. The van der Waals surface area contributed by atoms with Crippen LogP contribution >= 0.6 is 0 Å². The minimum Gasteiger partial charge on any atom is -0.241 e. The molecule has 0 spiro atoms. The molecule has 0 aliphatic carbocycles. The summed E-state index contributed by atoms with van der Waals surface area (Å²) < 4.78 is 104. The predicted octanol–water partition coefficient (Wildman–Crippen LogP) is 1.73. The molecular formula is C7H11F5O4S2. The predicted molar refractivity (Wildman–Crippen MR) is 53.5 cm³/mol. The second-order valence-electron chi connectivity index (χ2n) is 4.09. The van der Waals surface area contributed by atoms with E-state index >= 15 is 0 Å². The summed E-state index contributed by atoms with van der Waals surface area (Å²) in [6, 6.07) is 0. The lowest BCUT2D eigenvalue weighted by Crippen LogP contribution is -2.39. The first-order valence-electron chi connectivity index (χ1n) is 4.53. The van der Waals surface area contributed by atoms with Crippen LogP contribution in [0.4, 0.5) is 20.9 Å². The summed E-state index contributed by atoms with van der Waals surface area (Å²) in [5, 5.41) is 0. The maximum absolute atomic E-state index is 13.7. The van der Waals surface area contributed by atoms with E-state index in [0.717, 1.165) is 0 Å². The molecule has 0 saturated heterocycles. The molecule has 0 rings (SSSR count). The molecule has 0 bridgehead atoms. The first-order valence-corrected chi connectivity index (χ1v) is 7.64. The molecular weight excluding hydrogens is 307 g/mol. The van der Waals surface area contributed by atoms with Crippen LogP contribution in [0.15, 0.2) is 0 Å². The Morgan fingerprint density at radius 1 is 0.833 bits per heavy atom. The second kappa shape index (κ2) is 5.27. The van der Waals surface area contributed by atoms with Crippen LogP contribution in [0.2, 0.25) is 0 Å². The summed E-state index contributed by atoms with van der Waals surface area (Å²) in [6.45, 7) is 0.376. The van der Waals surface area contributed by atoms with Crippen molar-refractivity contribution in [3.8, 4) is 0 Å². The summed E-state index contributed by atoms with van der Waals surface area (Å²) >= 11 is 0. The molecule has 0 radical (unpaired) electrons. The zero-order valence-electron chi connectivity index (χ0n) is 9.17. The minimum atomic E-state index is -5.47. The maximum Gasteiger partial charge on any atom is 0.305 e. The molecule has 0 unspecified atom stereocenters. The minimum absolute atomic E-state index is 0.376. The third-order valence-electron chi connectivity index (χ3n) is 1.87. The van der Waals surface area contributed by atoms with E-state index in [-0.39, 0.29) is 0 Å². The van der Waals surface area contributed by atoms with Crippen LogP contribution < -0.4 is 0 Å². The van der Waals surface area contributed by atoms with E-state index in [1.807, 2.05) is 0 Å². The van der Waals surface area contributed by atoms with Gasteiger partial charge in [0, 0.05) is 6.42 Å². The van der Waals surface area contributed by atoms with Gasteiger partial charge in [0.25, 0.3) is 0 Å². The highest BCUT2D eigenvalue weighted by molar-refractivity contribution is 7.87. The lowest BCUT2D eigenvalue weighted by molar-refractivity contribution is -0.00230. The van der Waals surface area contributed by atoms with Crippen molar-refractivity contribution >= 4 is 20.4 Å². The van der Waals surface area contributed by atoms with Gasteiger partial charge in [0.15, 0.2) is 0 Å². The fourth-order valence-corrected chi connectivity index (χ4v) is 3.11. The number of hydrogen-bond donors (Lipinski definition) is 0. The van der Waals surface area contributed by atoms with E-state index in [1.54, 1.807) is 0 Å². The number of rotatable bonds is 7. The van der Waals surface area contributed by atoms with E-state index in [9.17, 15) is 37.8 Å². The van der Waals surface area contributed by atoms with Crippen LogP contribution in [0.1, 0.15) is 19.8 Å². The fourth-order valence-electron chi connectivity index (χ4n) is 1.25. The van der Waals surface area contributed by atoms with Crippen LogP contribution in [0, 0.1) is 0 Å². The lowest BCUT2D eigenvalue weighted by Gasteiger charge is -2.23. The molecule has 11 heteroatoms. The molecule has 110 valence electrons.